The largest absolute Gasteiger partial charge is 0.497 e. The number of nitrogens with one attached hydrogen (secondary N) is 1. The molecule has 0 radical (unpaired) electrons. The van der Waals surface area contributed by atoms with E-state index in [4.69, 9.17) is 15.2 Å². The van der Waals surface area contributed by atoms with Gasteiger partial charge in [0, 0.05) is 12.7 Å². The molecule has 0 saturated carbocycles. The average Bonchev–Trinajstić information content (AvgIpc) is 2.45. The third kappa shape index (κ3) is 5.93. The Hall–Kier alpha value is -1.75. The fourth-order valence-electron chi connectivity index (χ4n) is 1.72. The highest BCUT2D eigenvalue weighted by atomic mass is 16.5. The molecule has 5 nitrogen and oxygen atoms in total. The number of rotatable bonds is 9. The molecule has 1 aromatic rings. The molecule has 0 aliphatic heterocycles. The molecule has 1 amide bonds. The van der Waals surface area contributed by atoms with Gasteiger partial charge in [-0.1, -0.05) is 19.8 Å². The first-order valence-corrected chi connectivity index (χ1v) is 6.98. The third-order valence-corrected chi connectivity index (χ3v) is 2.90. The van der Waals surface area contributed by atoms with Crippen LogP contribution in [-0.4, -0.2) is 26.2 Å². The summed E-state index contributed by atoms with van der Waals surface area (Å²) in [5.41, 5.74) is 6.92. The minimum atomic E-state index is -0.0997. The van der Waals surface area contributed by atoms with Gasteiger partial charge < -0.3 is 20.5 Å². The average molecular weight is 280 g/mol. The summed E-state index contributed by atoms with van der Waals surface area (Å²) in [6.45, 7) is 3.30. The van der Waals surface area contributed by atoms with E-state index in [0.717, 1.165) is 12.8 Å². The van der Waals surface area contributed by atoms with Gasteiger partial charge in [0.25, 0.3) is 0 Å². The molecule has 1 aromatic carbocycles. The predicted molar refractivity (Wildman–Crippen MR) is 81.0 cm³/mol. The van der Waals surface area contributed by atoms with Crippen molar-refractivity contribution in [3.05, 3.63) is 18.2 Å². The second-order valence-electron chi connectivity index (χ2n) is 4.57. The van der Waals surface area contributed by atoms with Crippen LogP contribution in [0.3, 0.4) is 0 Å². The zero-order chi connectivity index (χ0) is 14.8. The molecule has 20 heavy (non-hydrogen) atoms. The Morgan fingerprint density at radius 2 is 2.10 bits per heavy atom. The smallest absolute Gasteiger partial charge is 0.226 e. The van der Waals surface area contributed by atoms with Gasteiger partial charge in [0.2, 0.25) is 5.91 Å². The Morgan fingerprint density at radius 3 is 2.75 bits per heavy atom. The summed E-state index contributed by atoms with van der Waals surface area (Å²) in [5, 5.41) is 2.76. The van der Waals surface area contributed by atoms with Crippen LogP contribution in [0.5, 0.6) is 5.75 Å². The normalized spacial score (nSPS) is 10.3. The number of hydrogen-bond acceptors (Lipinski definition) is 4. The third-order valence-electron chi connectivity index (χ3n) is 2.90. The van der Waals surface area contributed by atoms with Crippen LogP contribution in [-0.2, 0) is 9.53 Å². The van der Waals surface area contributed by atoms with Crippen molar-refractivity contribution in [2.45, 2.75) is 32.6 Å². The van der Waals surface area contributed by atoms with Gasteiger partial charge in [-0.2, -0.15) is 0 Å². The topological polar surface area (TPSA) is 73.6 Å². The molecule has 112 valence electrons. The second kappa shape index (κ2) is 9.20. The van der Waals surface area contributed by atoms with E-state index in [1.165, 1.54) is 6.42 Å². The molecule has 1 rings (SSSR count). The van der Waals surface area contributed by atoms with Crippen LogP contribution in [0.1, 0.15) is 32.6 Å². The highest BCUT2D eigenvalue weighted by molar-refractivity contribution is 5.94. The number of nitrogen functional groups attached to an aromatic ring is 1. The molecule has 0 saturated heterocycles. The SMILES string of the molecule is CCCCCOCCC(=O)Nc1ccc(OC)cc1N. The molecular weight excluding hydrogens is 256 g/mol. The number of methoxy groups -OCH3 is 1. The van der Waals surface area contributed by atoms with E-state index in [1.807, 2.05) is 0 Å². The highest BCUT2D eigenvalue weighted by Gasteiger charge is 2.06. The summed E-state index contributed by atoms with van der Waals surface area (Å²) < 4.78 is 10.5. The summed E-state index contributed by atoms with van der Waals surface area (Å²) in [4.78, 5) is 11.7. The van der Waals surface area contributed by atoms with E-state index in [9.17, 15) is 4.79 Å². The van der Waals surface area contributed by atoms with Crippen molar-refractivity contribution in [2.24, 2.45) is 0 Å². The van der Waals surface area contributed by atoms with Gasteiger partial charge in [-0.15, -0.1) is 0 Å². The lowest BCUT2D eigenvalue weighted by molar-refractivity contribution is -0.117. The summed E-state index contributed by atoms with van der Waals surface area (Å²) in [7, 11) is 1.57. The van der Waals surface area contributed by atoms with Crippen LogP contribution in [0.4, 0.5) is 11.4 Å². The Morgan fingerprint density at radius 1 is 1.30 bits per heavy atom. The quantitative estimate of drug-likeness (QED) is 0.539. The number of anilines is 2. The Balaban J connectivity index is 2.28. The number of amides is 1. The van der Waals surface area contributed by atoms with Crippen molar-refractivity contribution in [3.8, 4) is 5.75 Å². The van der Waals surface area contributed by atoms with Gasteiger partial charge in [0.15, 0.2) is 0 Å². The lowest BCUT2D eigenvalue weighted by Crippen LogP contribution is -2.15. The highest BCUT2D eigenvalue weighted by Crippen LogP contribution is 2.24. The molecule has 0 bridgehead atoms. The molecule has 0 fully saturated rings. The fraction of sp³-hybridized carbons (Fsp3) is 0.533. The first-order chi connectivity index (χ1) is 9.67. The van der Waals surface area contributed by atoms with Gasteiger partial charge in [0.1, 0.15) is 5.75 Å². The maximum atomic E-state index is 11.7. The first kappa shape index (κ1) is 16.3. The van der Waals surface area contributed by atoms with Crippen LogP contribution in [0.2, 0.25) is 0 Å². The molecule has 0 spiro atoms. The Kier molecular flexibility index (Phi) is 7.50. The summed E-state index contributed by atoms with van der Waals surface area (Å²) in [5.74, 6) is 0.567. The van der Waals surface area contributed by atoms with E-state index in [1.54, 1.807) is 25.3 Å². The maximum Gasteiger partial charge on any atom is 0.226 e. The van der Waals surface area contributed by atoms with Crippen molar-refractivity contribution >= 4 is 17.3 Å². The van der Waals surface area contributed by atoms with E-state index in [-0.39, 0.29) is 5.91 Å². The molecule has 0 aliphatic rings. The van der Waals surface area contributed by atoms with Crippen LogP contribution in [0.15, 0.2) is 18.2 Å². The fourth-order valence-corrected chi connectivity index (χ4v) is 1.72. The number of ether oxygens (including phenoxy) is 2. The van der Waals surface area contributed by atoms with Crippen molar-refractivity contribution in [2.75, 3.05) is 31.4 Å². The number of carbonyl (C=O) groups excluding carboxylic acids is 1. The molecule has 0 aliphatic carbocycles. The van der Waals surface area contributed by atoms with Gasteiger partial charge in [0.05, 0.1) is 31.5 Å². The number of benzene rings is 1. The van der Waals surface area contributed by atoms with Gasteiger partial charge in [-0.3, -0.25) is 4.79 Å². The molecule has 0 aromatic heterocycles. The second-order valence-corrected chi connectivity index (χ2v) is 4.57. The zero-order valence-electron chi connectivity index (χ0n) is 12.3. The molecule has 0 heterocycles. The van der Waals surface area contributed by atoms with Gasteiger partial charge in [-0.25, -0.2) is 0 Å². The Bertz CT molecular complexity index is 422. The van der Waals surface area contributed by atoms with E-state index in [0.29, 0.717) is 36.8 Å². The van der Waals surface area contributed by atoms with Crippen LogP contribution >= 0.6 is 0 Å². The minimum Gasteiger partial charge on any atom is -0.497 e. The number of unbranched alkanes of at least 4 members (excludes halogenated alkanes) is 2. The van der Waals surface area contributed by atoms with Gasteiger partial charge in [-0.05, 0) is 18.6 Å². The van der Waals surface area contributed by atoms with Gasteiger partial charge >= 0.3 is 0 Å². The summed E-state index contributed by atoms with van der Waals surface area (Å²) >= 11 is 0. The molecule has 0 atom stereocenters. The van der Waals surface area contributed by atoms with E-state index in [2.05, 4.69) is 12.2 Å². The molecular formula is C15H24N2O3. The number of hydrogen-bond donors (Lipinski definition) is 2. The standard InChI is InChI=1S/C15H24N2O3/c1-3-4-5-9-20-10-8-15(18)17-14-7-6-12(19-2)11-13(14)16/h6-7,11H,3-5,8-10,16H2,1-2H3,(H,17,18). The molecule has 5 heteroatoms. The van der Waals surface area contributed by atoms with Crippen LogP contribution in [0.25, 0.3) is 0 Å². The zero-order valence-corrected chi connectivity index (χ0v) is 12.3. The van der Waals surface area contributed by atoms with Crippen molar-refractivity contribution in [1.29, 1.82) is 0 Å². The molecule has 0 unspecified atom stereocenters. The monoisotopic (exact) mass is 280 g/mol. The number of nitrogens with two attached hydrogens (primary N) is 1. The maximum absolute atomic E-state index is 11.7. The van der Waals surface area contributed by atoms with E-state index < -0.39 is 0 Å². The predicted octanol–water partition coefficient (Wildman–Crippen LogP) is 2.81. The first-order valence-electron chi connectivity index (χ1n) is 6.98. The van der Waals surface area contributed by atoms with Crippen LogP contribution in [0, 0.1) is 0 Å². The molecule has 3 N–H and O–H groups in total. The van der Waals surface area contributed by atoms with Crippen LogP contribution < -0.4 is 15.8 Å². The van der Waals surface area contributed by atoms with Crippen molar-refractivity contribution in [1.82, 2.24) is 0 Å². The Labute approximate surface area is 120 Å². The number of carbonyl (C=O) groups is 1. The minimum absolute atomic E-state index is 0.0997. The lowest BCUT2D eigenvalue weighted by Gasteiger charge is -2.10. The lowest BCUT2D eigenvalue weighted by atomic mass is 10.2. The van der Waals surface area contributed by atoms with Crippen molar-refractivity contribution in [3.63, 3.8) is 0 Å². The van der Waals surface area contributed by atoms with E-state index >= 15 is 0 Å². The summed E-state index contributed by atoms with van der Waals surface area (Å²) in [6, 6.07) is 5.16. The summed E-state index contributed by atoms with van der Waals surface area (Å²) in [6.07, 6.45) is 3.70. The van der Waals surface area contributed by atoms with Crippen molar-refractivity contribution < 1.29 is 14.3 Å².